The smallest absolute Gasteiger partial charge is 0.262 e. The Morgan fingerprint density at radius 2 is 2.00 bits per heavy atom. The molecule has 1 aromatic carbocycles. The van der Waals surface area contributed by atoms with Crippen LogP contribution in [0.4, 0.5) is 0 Å². The lowest BCUT2D eigenvalue weighted by molar-refractivity contribution is 0.397. The van der Waals surface area contributed by atoms with Crippen LogP contribution in [0.1, 0.15) is 5.69 Å². The van der Waals surface area contributed by atoms with Crippen molar-refractivity contribution >= 4 is 11.0 Å². The molecule has 24 heavy (non-hydrogen) atoms. The number of phenolic OH excluding ortho intramolecular Hbond substituents is 1. The predicted molar refractivity (Wildman–Crippen MR) is 85.7 cm³/mol. The first-order valence-corrected chi connectivity index (χ1v) is 7.21. The molecule has 120 valence electrons. The lowest BCUT2D eigenvalue weighted by Crippen LogP contribution is -1.92. The van der Waals surface area contributed by atoms with Crippen molar-refractivity contribution in [1.29, 1.82) is 0 Å². The molecule has 7 heteroatoms. The Balaban J connectivity index is 1.78. The standard InChI is InChI=1S/C17H13N3O4/c1-9-5-10(6-15(18-9)22-2)16-19-17(24-20-16)13-8-23-14-7-11(21)3-4-12(13)14/h3-8,21H,1-2H3. The first kappa shape index (κ1) is 14.3. The van der Waals surface area contributed by atoms with Gasteiger partial charge in [-0.2, -0.15) is 4.98 Å². The van der Waals surface area contributed by atoms with Crippen LogP contribution < -0.4 is 4.74 Å². The highest BCUT2D eigenvalue weighted by molar-refractivity contribution is 5.92. The molecule has 4 rings (SSSR count). The van der Waals surface area contributed by atoms with Crippen LogP contribution >= 0.6 is 0 Å². The van der Waals surface area contributed by atoms with Crippen molar-refractivity contribution in [3.05, 3.63) is 42.3 Å². The van der Waals surface area contributed by atoms with Crippen molar-refractivity contribution in [3.63, 3.8) is 0 Å². The van der Waals surface area contributed by atoms with Gasteiger partial charge in [-0.3, -0.25) is 0 Å². The van der Waals surface area contributed by atoms with Crippen LogP contribution in [-0.2, 0) is 0 Å². The Morgan fingerprint density at radius 1 is 1.12 bits per heavy atom. The number of ether oxygens (including phenoxy) is 1. The summed E-state index contributed by atoms with van der Waals surface area (Å²) in [6, 6.07) is 8.45. The summed E-state index contributed by atoms with van der Waals surface area (Å²) in [5.41, 5.74) is 2.76. The third kappa shape index (κ3) is 2.36. The van der Waals surface area contributed by atoms with Gasteiger partial charge in [0.2, 0.25) is 11.7 Å². The van der Waals surface area contributed by atoms with Crippen LogP contribution in [0.15, 0.2) is 45.5 Å². The van der Waals surface area contributed by atoms with Gasteiger partial charge in [-0.1, -0.05) is 5.16 Å². The van der Waals surface area contributed by atoms with Gasteiger partial charge in [0.1, 0.15) is 17.6 Å². The zero-order chi connectivity index (χ0) is 16.7. The van der Waals surface area contributed by atoms with Crippen LogP contribution in [0.3, 0.4) is 0 Å². The van der Waals surface area contributed by atoms with Gasteiger partial charge in [-0.25, -0.2) is 4.98 Å². The van der Waals surface area contributed by atoms with Gasteiger partial charge in [-0.05, 0) is 25.1 Å². The molecule has 7 nitrogen and oxygen atoms in total. The van der Waals surface area contributed by atoms with E-state index in [1.165, 1.54) is 12.3 Å². The molecule has 0 spiro atoms. The number of hydrogen-bond acceptors (Lipinski definition) is 7. The third-order valence-electron chi connectivity index (χ3n) is 3.61. The highest BCUT2D eigenvalue weighted by Crippen LogP contribution is 2.32. The maximum atomic E-state index is 9.51. The number of hydrogen-bond donors (Lipinski definition) is 1. The Bertz CT molecular complexity index is 1040. The zero-order valence-corrected chi connectivity index (χ0v) is 13.0. The minimum absolute atomic E-state index is 0.133. The van der Waals surface area contributed by atoms with E-state index in [1.807, 2.05) is 13.0 Å². The van der Waals surface area contributed by atoms with Crippen LogP contribution in [0.25, 0.3) is 33.8 Å². The maximum Gasteiger partial charge on any atom is 0.262 e. The number of pyridine rings is 1. The van der Waals surface area contributed by atoms with Crippen molar-refractivity contribution in [3.8, 4) is 34.5 Å². The number of benzene rings is 1. The molecule has 0 atom stereocenters. The van der Waals surface area contributed by atoms with Crippen LogP contribution in [0.5, 0.6) is 11.6 Å². The molecule has 3 aromatic heterocycles. The second-order valence-electron chi connectivity index (χ2n) is 5.29. The fourth-order valence-corrected chi connectivity index (χ4v) is 2.50. The van der Waals surface area contributed by atoms with E-state index in [9.17, 15) is 5.11 Å². The number of aromatic hydroxyl groups is 1. The van der Waals surface area contributed by atoms with E-state index in [2.05, 4.69) is 15.1 Å². The highest BCUT2D eigenvalue weighted by atomic mass is 16.5. The zero-order valence-electron chi connectivity index (χ0n) is 13.0. The molecule has 0 unspecified atom stereocenters. The molecule has 0 aliphatic carbocycles. The molecule has 0 aliphatic heterocycles. The minimum Gasteiger partial charge on any atom is -0.508 e. The summed E-state index contributed by atoms with van der Waals surface area (Å²) in [4.78, 5) is 8.67. The summed E-state index contributed by atoms with van der Waals surface area (Å²) in [7, 11) is 1.56. The number of rotatable bonds is 3. The summed E-state index contributed by atoms with van der Waals surface area (Å²) in [5, 5.41) is 14.3. The van der Waals surface area contributed by atoms with Crippen molar-refractivity contribution < 1.29 is 18.8 Å². The number of fused-ring (bicyclic) bond motifs is 1. The highest BCUT2D eigenvalue weighted by Gasteiger charge is 2.17. The summed E-state index contributed by atoms with van der Waals surface area (Å²) in [5.74, 6) is 1.39. The molecule has 0 aliphatic rings. The molecule has 3 heterocycles. The van der Waals surface area contributed by atoms with E-state index >= 15 is 0 Å². The number of nitrogens with zero attached hydrogens (tertiary/aromatic N) is 3. The molecule has 0 amide bonds. The Hall–Kier alpha value is -3.35. The van der Waals surface area contributed by atoms with Gasteiger partial charge < -0.3 is 18.8 Å². The van der Waals surface area contributed by atoms with Gasteiger partial charge in [0.05, 0.1) is 12.7 Å². The predicted octanol–water partition coefficient (Wildman–Crippen LogP) is 3.57. The number of furan rings is 1. The number of phenols is 1. The monoisotopic (exact) mass is 323 g/mol. The molecule has 1 N–H and O–H groups in total. The maximum absolute atomic E-state index is 9.51. The van der Waals surface area contributed by atoms with E-state index in [1.54, 1.807) is 25.3 Å². The van der Waals surface area contributed by atoms with Crippen molar-refractivity contribution in [2.24, 2.45) is 0 Å². The second kappa shape index (κ2) is 5.38. The van der Waals surface area contributed by atoms with Gasteiger partial charge >= 0.3 is 0 Å². The largest absolute Gasteiger partial charge is 0.508 e. The Labute approximate surface area is 136 Å². The summed E-state index contributed by atoms with van der Waals surface area (Å²) >= 11 is 0. The normalized spacial score (nSPS) is 11.1. The fourth-order valence-electron chi connectivity index (χ4n) is 2.50. The minimum atomic E-state index is 0.133. The molecule has 0 fully saturated rings. The molecular formula is C17H13N3O4. The topological polar surface area (TPSA) is 94.4 Å². The van der Waals surface area contributed by atoms with E-state index < -0.39 is 0 Å². The van der Waals surface area contributed by atoms with Crippen molar-refractivity contribution in [1.82, 2.24) is 15.1 Å². The lowest BCUT2D eigenvalue weighted by atomic mass is 10.1. The average molecular weight is 323 g/mol. The first-order chi connectivity index (χ1) is 11.6. The van der Waals surface area contributed by atoms with E-state index in [-0.39, 0.29) is 5.75 Å². The van der Waals surface area contributed by atoms with Gasteiger partial charge in [-0.15, -0.1) is 0 Å². The van der Waals surface area contributed by atoms with Gasteiger partial charge in [0.15, 0.2) is 0 Å². The lowest BCUT2D eigenvalue weighted by Gasteiger charge is -2.02. The molecule has 0 radical (unpaired) electrons. The summed E-state index contributed by atoms with van der Waals surface area (Å²) in [6.45, 7) is 1.86. The Kier molecular flexibility index (Phi) is 3.19. The molecule has 4 aromatic rings. The second-order valence-corrected chi connectivity index (χ2v) is 5.29. The molecule has 0 bridgehead atoms. The summed E-state index contributed by atoms with van der Waals surface area (Å²) in [6.07, 6.45) is 1.53. The number of aryl methyl sites for hydroxylation is 1. The van der Waals surface area contributed by atoms with Crippen LogP contribution in [-0.4, -0.2) is 27.3 Å². The van der Waals surface area contributed by atoms with Crippen molar-refractivity contribution in [2.45, 2.75) is 6.92 Å². The molecule has 0 saturated heterocycles. The van der Waals surface area contributed by atoms with E-state index in [4.69, 9.17) is 13.7 Å². The average Bonchev–Trinajstić information content (AvgIpc) is 3.20. The van der Waals surface area contributed by atoms with Crippen LogP contribution in [0.2, 0.25) is 0 Å². The fraction of sp³-hybridized carbons (Fsp3) is 0.118. The summed E-state index contributed by atoms with van der Waals surface area (Å²) < 4.78 is 16.0. The SMILES string of the molecule is COc1cc(-c2noc(-c3coc4cc(O)ccc34)n2)cc(C)n1. The Morgan fingerprint density at radius 3 is 2.83 bits per heavy atom. The van der Waals surface area contributed by atoms with Gasteiger partial charge in [0.25, 0.3) is 5.89 Å². The third-order valence-corrected chi connectivity index (χ3v) is 3.61. The van der Waals surface area contributed by atoms with E-state index in [0.29, 0.717) is 28.7 Å². The molecule has 0 saturated carbocycles. The van der Waals surface area contributed by atoms with E-state index in [0.717, 1.165) is 16.6 Å². The van der Waals surface area contributed by atoms with Crippen LogP contribution in [0, 0.1) is 6.92 Å². The number of methoxy groups -OCH3 is 1. The first-order valence-electron chi connectivity index (χ1n) is 7.21. The van der Waals surface area contributed by atoms with Gasteiger partial charge in [0, 0.05) is 28.8 Å². The number of aromatic nitrogens is 3. The van der Waals surface area contributed by atoms with Crippen molar-refractivity contribution in [2.75, 3.05) is 7.11 Å². The molecular weight excluding hydrogens is 310 g/mol. The quantitative estimate of drug-likeness (QED) is 0.616.